The smallest absolute Gasteiger partial charge is 0.248 e. The normalized spacial score (nSPS) is 13.6. The highest BCUT2D eigenvalue weighted by Crippen LogP contribution is 2.32. The molecule has 3 rings (SSSR count). The monoisotopic (exact) mass is 309 g/mol. The van der Waals surface area contributed by atoms with Crippen LogP contribution in [0.5, 0.6) is 11.5 Å². The van der Waals surface area contributed by atoms with E-state index in [1.807, 2.05) is 43.3 Å². The lowest BCUT2D eigenvalue weighted by atomic mass is 10.1. The van der Waals surface area contributed by atoms with Crippen LogP contribution >= 0.6 is 0 Å². The van der Waals surface area contributed by atoms with Gasteiger partial charge >= 0.3 is 0 Å². The van der Waals surface area contributed by atoms with E-state index in [0.29, 0.717) is 24.7 Å². The third-order valence-corrected chi connectivity index (χ3v) is 3.48. The van der Waals surface area contributed by atoms with Crippen LogP contribution in [0, 0.1) is 6.92 Å². The van der Waals surface area contributed by atoms with Crippen molar-refractivity contribution in [2.24, 2.45) is 0 Å². The fourth-order valence-corrected chi connectivity index (χ4v) is 2.37. The van der Waals surface area contributed by atoms with Crippen LogP contribution < -0.4 is 14.8 Å². The van der Waals surface area contributed by atoms with E-state index >= 15 is 0 Å². The van der Waals surface area contributed by atoms with Crippen LogP contribution in [0.4, 0.5) is 5.69 Å². The maximum absolute atomic E-state index is 12.0. The lowest BCUT2D eigenvalue weighted by molar-refractivity contribution is -0.111. The topological polar surface area (TPSA) is 47.6 Å². The number of rotatable bonds is 3. The number of carbonyl (C=O) groups excluding carboxylic acids is 1. The summed E-state index contributed by atoms with van der Waals surface area (Å²) in [5.41, 5.74) is 2.85. The predicted octanol–water partition coefficient (Wildman–Crippen LogP) is 3.81. The Bertz CT molecular complexity index is 737. The molecule has 23 heavy (non-hydrogen) atoms. The number of amides is 1. The van der Waals surface area contributed by atoms with Crippen molar-refractivity contribution in [1.29, 1.82) is 0 Å². The maximum atomic E-state index is 12.0. The van der Waals surface area contributed by atoms with Crippen LogP contribution in [0.3, 0.4) is 0 Å². The Balaban J connectivity index is 1.67. The van der Waals surface area contributed by atoms with Gasteiger partial charge < -0.3 is 14.8 Å². The maximum Gasteiger partial charge on any atom is 0.248 e. The summed E-state index contributed by atoms with van der Waals surface area (Å²) in [7, 11) is 0. The number of aryl methyl sites for hydroxylation is 1. The van der Waals surface area contributed by atoms with E-state index in [9.17, 15) is 4.79 Å². The molecule has 0 fully saturated rings. The second-order valence-electron chi connectivity index (χ2n) is 5.45. The third-order valence-electron chi connectivity index (χ3n) is 3.48. The zero-order valence-corrected chi connectivity index (χ0v) is 13.0. The fourth-order valence-electron chi connectivity index (χ4n) is 2.37. The second kappa shape index (κ2) is 7.01. The summed E-state index contributed by atoms with van der Waals surface area (Å²) >= 11 is 0. The Morgan fingerprint density at radius 3 is 2.74 bits per heavy atom. The SMILES string of the molecule is Cc1cccc(/C=C/C(=O)Nc2ccc3c(c2)OCCCO3)c1. The molecule has 1 N–H and O–H groups in total. The minimum absolute atomic E-state index is 0.180. The van der Waals surface area contributed by atoms with E-state index < -0.39 is 0 Å². The highest BCUT2D eigenvalue weighted by Gasteiger charge is 2.11. The Morgan fingerprint density at radius 2 is 1.91 bits per heavy atom. The highest BCUT2D eigenvalue weighted by molar-refractivity contribution is 6.02. The molecule has 4 nitrogen and oxygen atoms in total. The van der Waals surface area contributed by atoms with Gasteiger partial charge in [-0.05, 0) is 30.7 Å². The molecule has 4 heteroatoms. The zero-order valence-electron chi connectivity index (χ0n) is 13.0. The van der Waals surface area contributed by atoms with Gasteiger partial charge in [-0.25, -0.2) is 0 Å². The molecule has 0 bridgehead atoms. The van der Waals surface area contributed by atoms with Gasteiger partial charge in [-0.15, -0.1) is 0 Å². The summed E-state index contributed by atoms with van der Waals surface area (Å²) in [6.07, 6.45) is 4.18. The standard InChI is InChI=1S/C19H19NO3/c1-14-4-2-5-15(12-14)6-9-19(21)20-16-7-8-17-18(13-16)23-11-3-10-22-17/h2,4-9,12-13H,3,10-11H2,1H3,(H,20,21)/b9-6+. The summed E-state index contributed by atoms with van der Waals surface area (Å²) in [5, 5.41) is 2.84. The summed E-state index contributed by atoms with van der Waals surface area (Å²) in [4.78, 5) is 12.0. The number of benzene rings is 2. The molecular formula is C19H19NO3. The predicted molar refractivity (Wildman–Crippen MR) is 90.9 cm³/mol. The molecule has 0 spiro atoms. The molecule has 0 atom stereocenters. The lowest BCUT2D eigenvalue weighted by Crippen LogP contribution is -2.08. The van der Waals surface area contributed by atoms with Crippen molar-refractivity contribution in [2.75, 3.05) is 18.5 Å². The molecule has 1 amide bonds. The van der Waals surface area contributed by atoms with Gasteiger partial charge in [0.15, 0.2) is 11.5 Å². The number of fused-ring (bicyclic) bond motifs is 1. The third kappa shape index (κ3) is 4.13. The minimum atomic E-state index is -0.180. The van der Waals surface area contributed by atoms with E-state index in [1.165, 1.54) is 6.08 Å². The van der Waals surface area contributed by atoms with Gasteiger partial charge in [0, 0.05) is 24.3 Å². The molecule has 2 aromatic rings. The van der Waals surface area contributed by atoms with Crippen molar-refractivity contribution in [3.05, 3.63) is 59.7 Å². The van der Waals surface area contributed by atoms with E-state index in [-0.39, 0.29) is 5.91 Å². The van der Waals surface area contributed by atoms with Crippen LogP contribution in [-0.4, -0.2) is 19.1 Å². The van der Waals surface area contributed by atoms with Crippen molar-refractivity contribution in [3.8, 4) is 11.5 Å². The van der Waals surface area contributed by atoms with Gasteiger partial charge in [0.2, 0.25) is 5.91 Å². The molecule has 0 saturated carbocycles. The number of anilines is 1. The summed E-state index contributed by atoms with van der Waals surface area (Å²) in [6, 6.07) is 13.4. The molecule has 1 aliphatic rings. The Morgan fingerprint density at radius 1 is 1.09 bits per heavy atom. The van der Waals surface area contributed by atoms with Gasteiger partial charge in [0.1, 0.15) is 0 Å². The molecule has 0 saturated heterocycles. The molecule has 118 valence electrons. The van der Waals surface area contributed by atoms with Crippen LogP contribution in [0.25, 0.3) is 6.08 Å². The molecule has 2 aromatic carbocycles. The minimum Gasteiger partial charge on any atom is -0.490 e. The van der Waals surface area contributed by atoms with Gasteiger partial charge in [-0.1, -0.05) is 29.8 Å². The second-order valence-corrected chi connectivity index (χ2v) is 5.45. The van der Waals surface area contributed by atoms with E-state index in [4.69, 9.17) is 9.47 Å². The first-order chi connectivity index (χ1) is 11.2. The van der Waals surface area contributed by atoms with E-state index in [2.05, 4.69) is 5.32 Å². The number of hydrogen-bond donors (Lipinski definition) is 1. The number of nitrogens with one attached hydrogen (secondary N) is 1. The van der Waals surface area contributed by atoms with Crippen molar-refractivity contribution in [3.63, 3.8) is 0 Å². The molecule has 0 aromatic heterocycles. The molecule has 1 aliphatic heterocycles. The number of ether oxygens (including phenoxy) is 2. The average Bonchev–Trinajstić information content (AvgIpc) is 2.78. The molecule has 0 aliphatic carbocycles. The molecule has 0 unspecified atom stereocenters. The van der Waals surface area contributed by atoms with Gasteiger partial charge in [-0.2, -0.15) is 0 Å². The first-order valence-electron chi connectivity index (χ1n) is 7.66. The lowest BCUT2D eigenvalue weighted by Gasteiger charge is -2.09. The average molecular weight is 309 g/mol. The first kappa shape index (κ1) is 15.2. The summed E-state index contributed by atoms with van der Waals surface area (Å²) in [5.74, 6) is 1.21. The summed E-state index contributed by atoms with van der Waals surface area (Å²) < 4.78 is 11.2. The number of hydrogen-bond acceptors (Lipinski definition) is 3. The van der Waals surface area contributed by atoms with E-state index in [0.717, 1.165) is 23.3 Å². The largest absolute Gasteiger partial charge is 0.490 e. The molecule has 0 radical (unpaired) electrons. The fraction of sp³-hybridized carbons (Fsp3) is 0.211. The van der Waals surface area contributed by atoms with Crippen LogP contribution in [0.15, 0.2) is 48.5 Å². The van der Waals surface area contributed by atoms with Crippen molar-refractivity contribution in [2.45, 2.75) is 13.3 Å². The Kier molecular flexibility index (Phi) is 4.62. The van der Waals surface area contributed by atoms with Crippen LogP contribution in [0.1, 0.15) is 17.5 Å². The highest BCUT2D eigenvalue weighted by atomic mass is 16.5. The van der Waals surface area contributed by atoms with Gasteiger partial charge in [0.05, 0.1) is 13.2 Å². The quantitative estimate of drug-likeness (QED) is 0.877. The Hall–Kier alpha value is -2.75. The van der Waals surface area contributed by atoms with Crippen LogP contribution in [-0.2, 0) is 4.79 Å². The Labute approximate surface area is 135 Å². The first-order valence-corrected chi connectivity index (χ1v) is 7.66. The van der Waals surface area contributed by atoms with Crippen LogP contribution in [0.2, 0.25) is 0 Å². The summed E-state index contributed by atoms with van der Waals surface area (Å²) in [6.45, 7) is 3.30. The molecule has 1 heterocycles. The van der Waals surface area contributed by atoms with Crippen molar-refractivity contribution < 1.29 is 14.3 Å². The van der Waals surface area contributed by atoms with Crippen molar-refractivity contribution >= 4 is 17.7 Å². The van der Waals surface area contributed by atoms with E-state index in [1.54, 1.807) is 12.1 Å². The van der Waals surface area contributed by atoms with Crippen molar-refractivity contribution in [1.82, 2.24) is 0 Å². The molecular weight excluding hydrogens is 290 g/mol. The van der Waals surface area contributed by atoms with Gasteiger partial charge in [-0.3, -0.25) is 4.79 Å². The van der Waals surface area contributed by atoms with Gasteiger partial charge in [0.25, 0.3) is 0 Å². The number of carbonyl (C=O) groups is 1. The zero-order chi connectivity index (χ0) is 16.1.